The lowest BCUT2D eigenvalue weighted by Gasteiger charge is -2.44. The molecule has 0 radical (unpaired) electrons. The number of rotatable bonds is 7. The van der Waals surface area contributed by atoms with Crippen molar-refractivity contribution in [2.45, 2.75) is 118 Å². The van der Waals surface area contributed by atoms with Crippen molar-refractivity contribution in [3.63, 3.8) is 0 Å². The number of amides is 3. The third-order valence-corrected chi connectivity index (χ3v) is 5.51. The van der Waals surface area contributed by atoms with Gasteiger partial charge >= 0.3 is 6.09 Å². The van der Waals surface area contributed by atoms with Crippen LogP contribution >= 0.6 is 0 Å². The highest BCUT2D eigenvalue weighted by Gasteiger charge is 2.43. The van der Waals surface area contributed by atoms with E-state index in [1.807, 2.05) is 86.6 Å². The van der Waals surface area contributed by atoms with E-state index in [1.165, 1.54) is 0 Å². The normalized spacial score (nSPS) is 15.0. The number of hydrogen-bond acceptors (Lipinski definition) is 4. The van der Waals surface area contributed by atoms with E-state index < -0.39 is 34.9 Å². The van der Waals surface area contributed by atoms with E-state index in [-0.39, 0.29) is 17.7 Å². The van der Waals surface area contributed by atoms with E-state index >= 15 is 0 Å². The number of hydrogen-bond donors (Lipinski definition) is 2. The van der Waals surface area contributed by atoms with Crippen LogP contribution in [0.1, 0.15) is 99.8 Å². The highest BCUT2D eigenvalue weighted by atomic mass is 16.6. The fourth-order valence-electron chi connectivity index (χ4n) is 3.72. The van der Waals surface area contributed by atoms with Gasteiger partial charge in [-0.1, -0.05) is 50.1 Å². The van der Waals surface area contributed by atoms with Gasteiger partial charge in [0.05, 0.1) is 0 Å². The number of carbonyl (C=O) groups is 3. The quantitative estimate of drug-likeness (QED) is 0.528. The van der Waals surface area contributed by atoms with Crippen molar-refractivity contribution >= 4 is 17.9 Å². The maximum Gasteiger partial charge on any atom is 0.408 e. The smallest absolute Gasteiger partial charge is 0.408 e. The molecule has 1 aromatic rings. The molecule has 0 saturated heterocycles. The summed E-state index contributed by atoms with van der Waals surface area (Å²) in [7, 11) is 0. The average Bonchev–Trinajstić information content (AvgIpc) is 2.66. The summed E-state index contributed by atoms with van der Waals surface area (Å²) in [5.74, 6) is -0.777. The molecule has 1 rings (SSSR count). The SMILES string of the molecule is CCC(C)C(NC(=O)OC(C)(C)C)C(=O)N(C(C(=O)NC(C)(C)C)c1ccc(C)cc1)C(C)(C)C. The number of alkyl carbamates (subject to hydrolysis) is 1. The van der Waals surface area contributed by atoms with Crippen LogP contribution in [0.4, 0.5) is 4.79 Å². The molecule has 0 aliphatic heterocycles. The lowest BCUT2D eigenvalue weighted by atomic mass is 9.91. The molecule has 0 spiro atoms. The first-order valence-corrected chi connectivity index (χ1v) is 12.5. The summed E-state index contributed by atoms with van der Waals surface area (Å²) in [4.78, 5) is 42.2. The van der Waals surface area contributed by atoms with Crippen molar-refractivity contribution in [3.05, 3.63) is 35.4 Å². The minimum absolute atomic E-state index is 0.177. The summed E-state index contributed by atoms with van der Waals surface area (Å²) in [6, 6.07) is 5.90. The largest absolute Gasteiger partial charge is 0.444 e. The summed E-state index contributed by atoms with van der Waals surface area (Å²) in [6.45, 7) is 22.6. The summed E-state index contributed by atoms with van der Waals surface area (Å²) >= 11 is 0. The van der Waals surface area contributed by atoms with Crippen molar-refractivity contribution in [1.82, 2.24) is 15.5 Å². The maximum absolute atomic E-state index is 14.2. The molecule has 0 bridgehead atoms. The lowest BCUT2D eigenvalue weighted by molar-refractivity contribution is -0.150. The van der Waals surface area contributed by atoms with E-state index in [4.69, 9.17) is 4.74 Å². The summed E-state index contributed by atoms with van der Waals surface area (Å²) in [6.07, 6.45) is 0.00384. The molecule has 3 unspecified atom stereocenters. The van der Waals surface area contributed by atoms with E-state index in [9.17, 15) is 14.4 Å². The Kier molecular flexibility index (Phi) is 9.96. The van der Waals surface area contributed by atoms with Crippen LogP contribution in [-0.4, -0.2) is 45.5 Å². The Morgan fingerprint density at radius 2 is 1.46 bits per heavy atom. The Bertz CT molecular complexity index is 873. The minimum atomic E-state index is -0.880. The number of nitrogens with one attached hydrogen (secondary N) is 2. The topological polar surface area (TPSA) is 87.7 Å². The van der Waals surface area contributed by atoms with Crippen molar-refractivity contribution in [2.24, 2.45) is 5.92 Å². The van der Waals surface area contributed by atoms with Crippen molar-refractivity contribution in [1.29, 1.82) is 0 Å². The molecule has 0 heterocycles. The molecule has 7 nitrogen and oxygen atoms in total. The molecule has 35 heavy (non-hydrogen) atoms. The van der Waals surface area contributed by atoms with E-state index in [0.717, 1.165) is 5.56 Å². The van der Waals surface area contributed by atoms with Gasteiger partial charge in [-0.25, -0.2) is 4.79 Å². The molecule has 0 aromatic heterocycles. The number of benzene rings is 1. The number of carbonyl (C=O) groups excluding carboxylic acids is 3. The van der Waals surface area contributed by atoms with Gasteiger partial charge in [0.1, 0.15) is 17.7 Å². The fourth-order valence-corrected chi connectivity index (χ4v) is 3.72. The monoisotopic (exact) mass is 489 g/mol. The molecule has 7 heteroatoms. The molecule has 0 saturated carbocycles. The Hall–Kier alpha value is -2.57. The molecule has 0 fully saturated rings. The molecule has 0 aliphatic rings. The van der Waals surface area contributed by atoms with Gasteiger partial charge in [0.25, 0.3) is 0 Å². The zero-order valence-electron chi connectivity index (χ0n) is 23.8. The predicted octanol–water partition coefficient (Wildman–Crippen LogP) is 5.52. The third kappa shape index (κ3) is 9.54. The zero-order valence-corrected chi connectivity index (χ0v) is 23.8. The van der Waals surface area contributed by atoms with Crippen molar-refractivity contribution in [2.75, 3.05) is 0 Å². The van der Waals surface area contributed by atoms with Crippen LogP contribution < -0.4 is 10.6 Å². The van der Waals surface area contributed by atoms with Crippen LogP contribution in [0, 0.1) is 12.8 Å². The van der Waals surface area contributed by atoms with Gasteiger partial charge in [-0.05, 0) is 80.7 Å². The number of aryl methyl sites for hydroxylation is 1. The molecule has 0 aliphatic carbocycles. The van der Waals surface area contributed by atoms with Gasteiger partial charge in [0.2, 0.25) is 11.8 Å². The number of ether oxygens (including phenoxy) is 1. The molecular formula is C28H47N3O4. The summed E-state index contributed by atoms with van der Waals surface area (Å²) in [5.41, 5.74) is -0.142. The Morgan fingerprint density at radius 3 is 1.86 bits per heavy atom. The van der Waals surface area contributed by atoms with E-state index in [1.54, 1.807) is 25.7 Å². The first kappa shape index (κ1) is 30.5. The van der Waals surface area contributed by atoms with Crippen LogP contribution in [0.5, 0.6) is 0 Å². The standard InChI is InChI=1S/C28H47N3O4/c1-13-19(3)21(29-25(34)35-28(10,11)12)24(33)31(27(7,8)9)22(23(32)30-26(4,5)6)20-16-14-18(2)15-17-20/h14-17,19,21-22H,13H2,1-12H3,(H,29,34)(H,30,32). The van der Waals surface area contributed by atoms with Gasteiger partial charge in [0.15, 0.2) is 0 Å². The van der Waals surface area contributed by atoms with Gasteiger partial charge < -0.3 is 20.3 Å². The van der Waals surface area contributed by atoms with Gasteiger partial charge in [0, 0.05) is 11.1 Å². The van der Waals surface area contributed by atoms with Gasteiger partial charge in [-0.15, -0.1) is 0 Å². The molecule has 2 N–H and O–H groups in total. The molecule has 3 atom stereocenters. The van der Waals surface area contributed by atoms with Gasteiger partial charge in [-0.3, -0.25) is 9.59 Å². The van der Waals surface area contributed by atoms with Crippen molar-refractivity contribution in [3.8, 4) is 0 Å². The Labute approximate surface area is 212 Å². The molecule has 198 valence electrons. The predicted molar refractivity (Wildman–Crippen MR) is 141 cm³/mol. The van der Waals surface area contributed by atoms with Crippen LogP contribution in [0.15, 0.2) is 24.3 Å². The van der Waals surface area contributed by atoms with Crippen LogP contribution in [-0.2, 0) is 14.3 Å². The average molecular weight is 490 g/mol. The van der Waals surface area contributed by atoms with Crippen molar-refractivity contribution < 1.29 is 19.1 Å². The Balaban J connectivity index is 3.61. The Morgan fingerprint density at radius 1 is 0.943 bits per heavy atom. The van der Waals surface area contributed by atoms with Gasteiger partial charge in [-0.2, -0.15) is 0 Å². The van der Waals surface area contributed by atoms with Crippen LogP contribution in [0.25, 0.3) is 0 Å². The fraction of sp³-hybridized carbons (Fsp3) is 0.679. The van der Waals surface area contributed by atoms with Crippen LogP contribution in [0.3, 0.4) is 0 Å². The molecule has 1 aromatic carbocycles. The highest BCUT2D eigenvalue weighted by molar-refractivity contribution is 5.93. The minimum Gasteiger partial charge on any atom is -0.444 e. The maximum atomic E-state index is 14.2. The second-order valence-corrected chi connectivity index (χ2v) is 12.4. The van der Waals surface area contributed by atoms with Crippen LogP contribution in [0.2, 0.25) is 0 Å². The van der Waals surface area contributed by atoms with E-state index in [0.29, 0.717) is 12.0 Å². The zero-order chi connectivity index (χ0) is 27.4. The molecular weight excluding hydrogens is 442 g/mol. The number of nitrogens with zero attached hydrogens (tertiary/aromatic N) is 1. The third-order valence-electron chi connectivity index (χ3n) is 5.51. The first-order valence-electron chi connectivity index (χ1n) is 12.5. The lowest BCUT2D eigenvalue weighted by Crippen LogP contribution is -2.60. The first-order chi connectivity index (χ1) is 15.8. The summed E-state index contributed by atoms with van der Waals surface area (Å²) in [5, 5.41) is 5.84. The second kappa shape index (κ2) is 11.4. The van der Waals surface area contributed by atoms with E-state index in [2.05, 4.69) is 10.6 Å². The highest BCUT2D eigenvalue weighted by Crippen LogP contribution is 2.32. The molecule has 3 amide bonds. The summed E-state index contributed by atoms with van der Waals surface area (Å²) < 4.78 is 5.45. The second-order valence-electron chi connectivity index (χ2n) is 12.4.